The van der Waals surface area contributed by atoms with Crippen molar-refractivity contribution in [3.63, 3.8) is 0 Å². The fraction of sp³-hybridized carbons (Fsp3) is 0.214. The lowest BCUT2D eigenvalue weighted by molar-refractivity contribution is 0.392. The van der Waals surface area contributed by atoms with E-state index >= 15 is 0 Å². The van der Waals surface area contributed by atoms with Crippen LogP contribution in [0.1, 0.15) is 17.3 Å². The predicted octanol–water partition coefficient (Wildman–Crippen LogP) is 1.65. The molecule has 19 heavy (non-hydrogen) atoms. The van der Waals surface area contributed by atoms with E-state index in [-0.39, 0.29) is 6.04 Å². The molecule has 2 rings (SSSR count). The number of hydrazine groups is 1. The minimum absolute atomic E-state index is 0.217. The molecule has 3 N–H and O–H groups in total. The second-order valence-corrected chi connectivity index (χ2v) is 4.00. The number of hydrogen-bond acceptors (Lipinski definition) is 5. The van der Waals surface area contributed by atoms with Gasteiger partial charge in [-0.1, -0.05) is 6.07 Å². The van der Waals surface area contributed by atoms with E-state index in [1.165, 1.54) is 0 Å². The van der Waals surface area contributed by atoms with Gasteiger partial charge in [-0.3, -0.25) is 10.8 Å². The summed E-state index contributed by atoms with van der Waals surface area (Å²) in [7, 11) is 3.23. The third-order valence-corrected chi connectivity index (χ3v) is 2.86. The van der Waals surface area contributed by atoms with Crippen molar-refractivity contribution < 1.29 is 9.47 Å². The van der Waals surface area contributed by atoms with Crippen molar-refractivity contribution in [2.24, 2.45) is 5.84 Å². The number of nitrogens with zero attached hydrogens (tertiary/aromatic N) is 1. The van der Waals surface area contributed by atoms with Gasteiger partial charge in [-0.25, -0.2) is 5.43 Å². The van der Waals surface area contributed by atoms with Gasteiger partial charge in [0.2, 0.25) is 0 Å². The minimum atomic E-state index is -0.217. The second kappa shape index (κ2) is 6.17. The average molecular weight is 259 g/mol. The van der Waals surface area contributed by atoms with Crippen LogP contribution in [0, 0.1) is 0 Å². The smallest absolute Gasteiger partial charge is 0.122 e. The number of pyridine rings is 1. The summed E-state index contributed by atoms with van der Waals surface area (Å²) in [6.07, 6.45) is 1.73. The molecule has 0 saturated carbocycles. The van der Waals surface area contributed by atoms with E-state index in [2.05, 4.69) is 10.4 Å². The van der Waals surface area contributed by atoms with Crippen molar-refractivity contribution in [3.05, 3.63) is 53.9 Å². The van der Waals surface area contributed by atoms with Crippen LogP contribution in [-0.4, -0.2) is 19.2 Å². The minimum Gasteiger partial charge on any atom is -0.497 e. The third-order valence-electron chi connectivity index (χ3n) is 2.86. The number of nitrogens with two attached hydrogens (primary N) is 1. The summed E-state index contributed by atoms with van der Waals surface area (Å²) >= 11 is 0. The highest BCUT2D eigenvalue weighted by Gasteiger charge is 2.15. The Kier molecular flexibility index (Phi) is 4.33. The lowest BCUT2D eigenvalue weighted by atomic mass is 10.0. The maximum absolute atomic E-state index is 5.65. The van der Waals surface area contributed by atoms with Gasteiger partial charge in [0.1, 0.15) is 11.5 Å². The van der Waals surface area contributed by atoms with E-state index in [1.54, 1.807) is 20.4 Å². The second-order valence-electron chi connectivity index (χ2n) is 4.00. The largest absolute Gasteiger partial charge is 0.497 e. The molecule has 0 aliphatic heterocycles. The normalized spacial score (nSPS) is 11.9. The first-order valence-electron chi connectivity index (χ1n) is 5.88. The number of nitrogens with one attached hydrogen (secondary N) is 1. The van der Waals surface area contributed by atoms with Crippen molar-refractivity contribution in [2.45, 2.75) is 6.04 Å². The quantitative estimate of drug-likeness (QED) is 0.631. The fourth-order valence-corrected chi connectivity index (χ4v) is 1.90. The highest BCUT2D eigenvalue weighted by molar-refractivity contribution is 5.42. The SMILES string of the molecule is COc1cc(OC)cc(C(NN)c2ccccn2)c1. The molecule has 0 spiro atoms. The Hall–Kier alpha value is -2.11. The number of benzene rings is 1. The Morgan fingerprint density at radius 1 is 1.11 bits per heavy atom. The summed E-state index contributed by atoms with van der Waals surface area (Å²) in [5, 5.41) is 0. The summed E-state index contributed by atoms with van der Waals surface area (Å²) in [6, 6.07) is 11.1. The van der Waals surface area contributed by atoms with Crippen LogP contribution < -0.4 is 20.7 Å². The number of rotatable bonds is 5. The first-order valence-corrected chi connectivity index (χ1v) is 5.88. The van der Waals surface area contributed by atoms with E-state index in [0.29, 0.717) is 11.5 Å². The van der Waals surface area contributed by atoms with Crippen molar-refractivity contribution in [3.8, 4) is 11.5 Å². The van der Waals surface area contributed by atoms with Crippen molar-refractivity contribution in [1.82, 2.24) is 10.4 Å². The lowest BCUT2D eigenvalue weighted by Gasteiger charge is -2.17. The molecule has 0 radical (unpaired) electrons. The maximum atomic E-state index is 5.65. The molecule has 0 bridgehead atoms. The van der Waals surface area contributed by atoms with Crippen LogP contribution in [-0.2, 0) is 0 Å². The van der Waals surface area contributed by atoms with Gasteiger partial charge in [0.05, 0.1) is 26.0 Å². The topological polar surface area (TPSA) is 69.4 Å². The van der Waals surface area contributed by atoms with E-state index < -0.39 is 0 Å². The van der Waals surface area contributed by atoms with E-state index in [1.807, 2.05) is 36.4 Å². The Labute approximate surface area is 112 Å². The van der Waals surface area contributed by atoms with Crippen LogP contribution >= 0.6 is 0 Å². The highest BCUT2D eigenvalue weighted by Crippen LogP contribution is 2.28. The van der Waals surface area contributed by atoms with Crippen molar-refractivity contribution in [1.29, 1.82) is 0 Å². The van der Waals surface area contributed by atoms with Crippen LogP contribution in [0.5, 0.6) is 11.5 Å². The van der Waals surface area contributed by atoms with Crippen LogP contribution in [0.4, 0.5) is 0 Å². The molecule has 5 heteroatoms. The zero-order valence-corrected chi connectivity index (χ0v) is 11.0. The molecule has 1 aromatic heterocycles. The molecule has 100 valence electrons. The lowest BCUT2D eigenvalue weighted by Crippen LogP contribution is -2.29. The Morgan fingerprint density at radius 2 is 1.79 bits per heavy atom. The van der Waals surface area contributed by atoms with Crippen molar-refractivity contribution >= 4 is 0 Å². The number of methoxy groups -OCH3 is 2. The molecule has 2 aromatic rings. The zero-order valence-electron chi connectivity index (χ0n) is 11.0. The van der Waals surface area contributed by atoms with Gasteiger partial charge >= 0.3 is 0 Å². The van der Waals surface area contributed by atoms with E-state index in [9.17, 15) is 0 Å². The molecule has 0 amide bonds. The van der Waals surface area contributed by atoms with Gasteiger partial charge in [-0.05, 0) is 29.8 Å². The summed E-state index contributed by atoms with van der Waals surface area (Å²) in [5.74, 6) is 7.08. The molecular formula is C14H17N3O2. The Morgan fingerprint density at radius 3 is 2.26 bits per heavy atom. The molecule has 0 saturated heterocycles. The third kappa shape index (κ3) is 3.01. The number of aromatic nitrogens is 1. The summed E-state index contributed by atoms with van der Waals surface area (Å²) in [6.45, 7) is 0. The van der Waals surface area contributed by atoms with Gasteiger partial charge in [0.25, 0.3) is 0 Å². The average Bonchev–Trinajstić information content (AvgIpc) is 2.48. The van der Waals surface area contributed by atoms with E-state index in [4.69, 9.17) is 15.3 Å². The van der Waals surface area contributed by atoms with Crippen LogP contribution in [0.3, 0.4) is 0 Å². The van der Waals surface area contributed by atoms with Gasteiger partial charge in [-0.2, -0.15) is 0 Å². The van der Waals surface area contributed by atoms with Gasteiger partial charge in [0.15, 0.2) is 0 Å². The number of ether oxygens (including phenoxy) is 2. The molecule has 1 atom stereocenters. The molecule has 0 aliphatic rings. The monoisotopic (exact) mass is 259 g/mol. The molecule has 5 nitrogen and oxygen atoms in total. The standard InChI is InChI=1S/C14H17N3O2/c1-18-11-7-10(8-12(9-11)19-2)14(17-15)13-5-3-4-6-16-13/h3-9,14,17H,15H2,1-2H3. The maximum Gasteiger partial charge on any atom is 0.122 e. The van der Waals surface area contributed by atoms with Crippen LogP contribution in [0.25, 0.3) is 0 Å². The van der Waals surface area contributed by atoms with Crippen molar-refractivity contribution in [2.75, 3.05) is 14.2 Å². The zero-order chi connectivity index (χ0) is 13.7. The van der Waals surface area contributed by atoms with Gasteiger partial charge < -0.3 is 9.47 Å². The highest BCUT2D eigenvalue weighted by atomic mass is 16.5. The summed E-state index contributed by atoms with van der Waals surface area (Å²) < 4.78 is 10.5. The molecule has 1 aromatic carbocycles. The predicted molar refractivity (Wildman–Crippen MR) is 72.9 cm³/mol. The first-order chi connectivity index (χ1) is 9.28. The van der Waals surface area contributed by atoms with Gasteiger partial charge in [-0.15, -0.1) is 0 Å². The Bertz CT molecular complexity index is 509. The molecular weight excluding hydrogens is 242 g/mol. The fourth-order valence-electron chi connectivity index (χ4n) is 1.90. The van der Waals surface area contributed by atoms with Crippen LogP contribution in [0.2, 0.25) is 0 Å². The first kappa shape index (κ1) is 13.3. The van der Waals surface area contributed by atoms with Crippen LogP contribution in [0.15, 0.2) is 42.6 Å². The molecule has 0 aliphatic carbocycles. The molecule has 0 fully saturated rings. The summed E-state index contributed by atoms with van der Waals surface area (Å²) in [5.41, 5.74) is 4.53. The summed E-state index contributed by atoms with van der Waals surface area (Å²) in [4.78, 5) is 4.31. The molecule has 1 unspecified atom stereocenters. The molecule has 1 heterocycles. The van der Waals surface area contributed by atoms with E-state index in [0.717, 1.165) is 11.3 Å². The Balaban J connectivity index is 2.43. The van der Waals surface area contributed by atoms with Gasteiger partial charge in [0, 0.05) is 12.3 Å². The number of hydrogen-bond donors (Lipinski definition) is 2.